The Bertz CT molecular complexity index is 175. The van der Waals surface area contributed by atoms with Gasteiger partial charge in [-0.25, -0.2) is 0 Å². The largest absolute Gasteiger partial charge is 0.330 e. The van der Waals surface area contributed by atoms with Gasteiger partial charge in [-0.15, -0.1) is 0 Å². The molecule has 1 unspecified atom stereocenters. The Hall–Kier alpha value is -0.340. The van der Waals surface area contributed by atoms with Crippen molar-refractivity contribution in [3.8, 4) is 0 Å². The lowest BCUT2D eigenvalue weighted by atomic mass is 10.1. The molecule has 0 aromatic rings. The Kier molecular flexibility index (Phi) is 4.46. The number of hydrogen-bond donors (Lipinski definition) is 1. The molecule has 76 valence electrons. The molecule has 0 aliphatic carbocycles. The van der Waals surface area contributed by atoms with Gasteiger partial charge >= 0.3 is 0 Å². The fraction of sp³-hybridized carbons (Fsp3) is 0.818. The van der Waals surface area contributed by atoms with Crippen LogP contribution in [0.3, 0.4) is 0 Å². The van der Waals surface area contributed by atoms with Crippen molar-refractivity contribution in [2.75, 3.05) is 26.2 Å². The predicted octanol–water partition coefficient (Wildman–Crippen LogP) is 1.62. The number of hydrogen-bond acceptors (Lipinski definition) is 2. The molecule has 13 heavy (non-hydrogen) atoms. The van der Waals surface area contributed by atoms with Crippen molar-refractivity contribution in [1.29, 1.82) is 0 Å². The molecule has 1 atom stereocenters. The van der Waals surface area contributed by atoms with Crippen molar-refractivity contribution in [2.45, 2.75) is 26.7 Å². The highest BCUT2D eigenvalue weighted by atomic mass is 15.1. The molecular formula is C11H22N2. The molecular weight excluding hydrogens is 160 g/mol. The van der Waals surface area contributed by atoms with Gasteiger partial charge in [-0.3, -0.25) is 4.90 Å². The molecule has 0 bridgehead atoms. The molecule has 0 spiro atoms. The van der Waals surface area contributed by atoms with Crippen LogP contribution in [-0.4, -0.2) is 31.1 Å². The molecule has 0 radical (unpaired) electrons. The summed E-state index contributed by atoms with van der Waals surface area (Å²) in [5, 5.41) is 0. The zero-order valence-corrected chi connectivity index (χ0v) is 8.92. The first-order valence-electron chi connectivity index (χ1n) is 5.30. The topological polar surface area (TPSA) is 29.3 Å². The first-order valence-corrected chi connectivity index (χ1v) is 5.30. The van der Waals surface area contributed by atoms with Crippen LogP contribution in [0.5, 0.6) is 0 Å². The second kappa shape index (κ2) is 5.40. The maximum Gasteiger partial charge on any atom is 0.0190 e. The zero-order chi connectivity index (χ0) is 9.68. The van der Waals surface area contributed by atoms with Crippen LogP contribution in [0.15, 0.2) is 11.6 Å². The normalized spacial score (nSPS) is 21.3. The van der Waals surface area contributed by atoms with E-state index >= 15 is 0 Å². The highest BCUT2D eigenvalue weighted by molar-refractivity contribution is 5.04. The molecule has 0 saturated heterocycles. The molecule has 2 nitrogen and oxygen atoms in total. The van der Waals surface area contributed by atoms with E-state index in [0.717, 1.165) is 13.1 Å². The molecule has 0 aromatic carbocycles. The summed E-state index contributed by atoms with van der Waals surface area (Å²) in [4.78, 5) is 2.53. The standard InChI is InChI=1S/C11H22N2/c1-10(8-12)5-7-13-6-3-4-11(2)9-13/h4,10H,3,5-9,12H2,1-2H3. The van der Waals surface area contributed by atoms with E-state index < -0.39 is 0 Å². The molecule has 1 aliphatic rings. The monoisotopic (exact) mass is 182 g/mol. The third-order valence-corrected chi connectivity index (χ3v) is 2.75. The van der Waals surface area contributed by atoms with Gasteiger partial charge < -0.3 is 5.73 Å². The Morgan fingerprint density at radius 1 is 1.62 bits per heavy atom. The Morgan fingerprint density at radius 3 is 3.00 bits per heavy atom. The number of nitrogens with zero attached hydrogens (tertiary/aromatic N) is 1. The molecule has 1 heterocycles. The Balaban J connectivity index is 2.19. The first-order chi connectivity index (χ1) is 6.22. The summed E-state index contributed by atoms with van der Waals surface area (Å²) in [7, 11) is 0. The van der Waals surface area contributed by atoms with Crippen molar-refractivity contribution >= 4 is 0 Å². The maximum atomic E-state index is 5.59. The summed E-state index contributed by atoms with van der Waals surface area (Å²) in [6.07, 6.45) is 4.81. The van der Waals surface area contributed by atoms with E-state index in [2.05, 4.69) is 24.8 Å². The minimum absolute atomic E-state index is 0.672. The Morgan fingerprint density at radius 2 is 2.38 bits per heavy atom. The van der Waals surface area contributed by atoms with E-state index in [9.17, 15) is 0 Å². The molecule has 0 aromatic heterocycles. The first kappa shape index (κ1) is 10.7. The van der Waals surface area contributed by atoms with Gasteiger partial charge in [0.1, 0.15) is 0 Å². The lowest BCUT2D eigenvalue weighted by Crippen LogP contribution is -2.31. The van der Waals surface area contributed by atoms with E-state index in [-0.39, 0.29) is 0 Å². The van der Waals surface area contributed by atoms with Crippen molar-refractivity contribution in [1.82, 2.24) is 4.90 Å². The van der Waals surface area contributed by atoms with Crippen molar-refractivity contribution in [3.05, 3.63) is 11.6 Å². The summed E-state index contributed by atoms with van der Waals surface area (Å²) in [5.74, 6) is 0.672. The van der Waals surface area contributed by atoms with Crippen LogP contribution in [0.25, 0.3) is 0 Å². The van der Waals surface area contributed by atoms with Gasteiger partial charge in [0, 0.05) is 13.1 Å². The van der Waals surface area contributed by atoms with Crippen LogP contribution in [0.2, 0.25) is 0 Å². The van der Waals surface area contributed by atoms with Gasteiger partial charge in [0.2, 0.25) is 0 Å². The van der Waals surface area contributed by atoms with Gasteiger partial charge in [0.25, 0.3) is 0 Å². The molecule has 2 N–H and O–H groups in total. The second-order valence-electron chi connectivity index (χ2n) is 4.24. The van der Waals surface area contributed by atoms with E-state index in [1.54, 1.807) is 0 Å². The maximum absolute atomic E-state index is 5.59. The molecule has 0 amide bonds. The highest BCUT2D eigenvalue weighted by Crippen LogP contribution is 2.10. The third kappa shape index (κ3) is 3.92. The molecule has 2 heteroatoms. The van der Waals surface area contributed by atoms with Crippen LogP contribution in [-0.2, 0) is 0 Å². The van der Waals surface area contributed by atoms with E-state index in [0.29, 0.717) is 5.92 Å². The molecule has 1 aliphatic heterocycles. The van der Waals surface area contributed by atoms with Crippen LogP contribution < -0.4 is 5.73 Å². The Labute approximate surface area is 81.8 Å². The van der Waals surface area contributed by atoms with Crippen LogP contribution in [0.4, 0.5) is 0 Å². The average Bonchev–Trinajstić information content (AvgIpc) is 2.14. The van der Waals surface area contributed by atoms with Gasteiger partial charge in [0.05, 0.1) is 0 Å². The SMILES string of the molecule is CC1=CCCN(CCC(C)CN)C1. The lowest BCUT2D eigenvalue weighted by molar-refractivity contribution is 0.270. The summed E-state index contributed by atoms with van der Waals surface area (Å²) in [5.41, 5.74) is 7.11. The minimum atomic E-state index is 0.672. The number of nitrogens with two attached hydrogens (primary N) is 1. The van der Waals surface area contributed by atoms with Gasteiger partial charge in [0.15, 0.2) is 0 Å². The lowest BCUT2D eigenvalue weighted by Gasteiger charge is -2.26. The molecule has 0 fully saturated rings. The van der Waals surface area contributed by atoms with Crippen LogP contribution >= 0.6 is 0 Å². The van der Waals surface area contributed by atoms with Gasteiger partial charge in [-0.1, -0.05) is 18.6 Å². The smallest absolute Gasteiger partial charge is 0.0190 e. The molecule has 0 saturated carbocycles. The van der Waals surface area contributed by atoms with E-state index in [4.69, 9.17) is 5.73 Å². The summed E-state index contributed by atoms with van der Waals surface area (Å²) < 4.78 is 0. The summed E-state index contributed by atoms with van der Waals surface area (Å²) in [6, 6.07) is 0. The summed E-state index contributed by atoms with van der Waals surface area (Å²) in [6.45, 7) is 8.88. The summed E-state index contributed by atoms with van der Waals surface area (Å²) >= 11 is 0. The van der Waals surface area contributed by atoms with Crippen LogP contribution in [0, 0.1) is 5.92 Å². The quantitative estimate of drug-likeness (QED) is 0.669. The number of rotatable bonds is 4. The fourth-order valence-electron chi connectivity index (χ4n) is 1.70. The van der Waals surface area contributed by atoms with E-state index in [1.807, 2.05) is 0 Å². The van der Waals surface area contributed by atoms with Crippen molar-refractivity contribution < 1.29 is 0 Å². The minimum Gasteiger partial charge on any atom is -0.330 e. The average molecular weight is 182 g/mol. The molecule has 1 rings (SSSR count). The van der Waals surface area contributed by atoms with Crippen molar-refractivity contribution in [3.63, 3.8) is 0 Å². The van der Waals surface area contributed by atoms with Crippen LogP contribution in [0.1, 0.15) is 26.7 Å². The highest BCUT2D eigenvalue weighted by Gasteiger charge is 2.10. The second-order valence-corrected chi connectivity index (χ2v) is 4.24. The van der Waals surface area contributed by atoms with E-state index in [1.165, 1.54) is 31.5 Å². The van der Waals surface area contributed by atoms with Crippen molar-refractivity contribution in [2.24, 2.45) is 11.7 Å². The van der Waals surface area contributed by atoms with Gasteiger partial charge in [-0.05, 0) is 38.8 Å². The fourth-order valence-corrected chi connectivity index (χ4v) is 1.70. The third-order valence-electron chi connectivity index (χ3n) is 2.75. The predicted molar refractivity (Wildman–Crippen MR) is 57.6 cm³/mol. The zero-order valence-electron chi connectivity index (χ0n) is 8.92. The van der Waals surface area contributed by atoms with Gasteiger partial charge in [-0.2, -0.15) is 0 Å².